The molecule has 0 aliphatic heterocycles. The summed E-state index contributed by atoms with van der Waals surface area (Å²) in [6, 6.07) is 9.01. The van der Waals surface area contributed by atoms with E-state index in [1.807, 2.05) is 12.1 Å². The first-order valence-electron chi connectivity index (χ1n) is 7.82. The smallest absolute Gasteiger partial charge is 0.229 e. The number of anilines is 3. The SMILES string of the molecule is O=C(Nc1nc2ccc(Nc3ccc(Br)cc3CF)nc2s1)C1CC1. The number of nitrogens with one attached hydrogen (secondary N) is 2. The zero-order chi connectivity index (χ0) is 17.4. The molecule has 128 valence electrons. The van der Waals surface area contributed by atoms with Gasteiger partial charge in [-0.05, 0) is 43.2 Å². The molecular formula is C17H14BrFN4OS. The summed E-state index contributed by atoms with van der Waals surface area (Å²) in [6.45, 7) is -0.568. The Morgan fingerprint density at radius 3 is 2.88 bits per heavy atom. The maximum Gasteiger partial charge on any atom is 0.229 e. The van der Waals surface area contributed by atoms with Crippen LogP contribution in [0.4, 0.5) is 21.0 Å². The first kappa shape index (κ1) is 16.4. The zero-order valence-corrected chi connectivity index (χ0v) is 15.5. The summed E-state index contributed by atoms with van der Waals surface area (Å²) in [4.78, 5) is 21.5. The number of hydrogen-bond donors (Lipinski definition) is 2. The van der Waals surface area contributed by atoms with Crippen LogP contribution in [-0.4, -0.2) is 15.9 Å². The highest BCUT2D eigenvalue weighted by molar-refractivity contribution is 9.10. The number of amides is 1. The molecule has 1 aliphatic rings. The normalized spacial score (nSPS) is 13.8. The van der Waals surface area contributed by atoms with E-state index in [0.717, 1.165) is 27.7 Å². The first-order chi connectivity index (χ1) is 12.1. The molecule has 0 radical (unpaired) electrons. The lowest BCUT2D eigenvalue weighted by atomic mass is 10.2. The van der Waals surface area contributed by atoms with E-state index in [1.54, 1.807) is 18.2 Å². The van der Waals surface area contributed by atoms with Crippen LogP contribution in [0, 0.1) is 5.92 Å². The van der Waals surface area contributed by atoms with Crippen molar-refractivity contribution in [3.63, 3.8) is 0 Å². The number of nitrogens with zero attached hydrogens (tertiary/aromatic N) is 2. The molecule has 1 fully saturated rings. The molecule has 0 saturated heterocycles. The van der Waals surface area contributed by atoms with Gasteiger partial charge in [0.1, 0.15) is 22.8 Å². The van der Waals surface area contributed by atoms with E-state index in [0.29, 0.717) is 22.2 Å². The number of benzene rings is 1. The van der Waals surface area contributed by atoms with Gasteiger partial charge in [0, 0.05) is 21.6 Å². The molecule has 2 heterocycles. The second kappa shape index (κ2) is 6.68. The van der Waals surface area contributed by atoms with Crippen LogP contribution in [0.5, 0.6) is 0 Å². The van der Waals surface area contributed by atoms with Crippen LogP contribution in [0.1, 0.15) is 18.4 Å². The highest BCUT2D eigenvalue weighted by Gasteiger charge is 2.30. The Morgan fingerprint density at radius 2 is 2.12 bits per heavy atom. The van der Waals surface area contributed by atoms with Gasteiger partial charge in [0.2, 0.25) is 5.91 Å². The van der Waals surface area contributed by atoms with E-state index >= 15 is 0 Å². The van der Waals surface area contributed by atoms with Gasteiger partial charge in [-0.25, -0.2) is 14.4 Å². The first-order valence-corrected chi connectivity index (χ1v) is 9.43. The largest absolute Gasteiger partial charge is 0.340 e. The molecule has 5 nitrogen and oxygen atoms in total. The molecule has 0 unspecified atom stereocenters. The van der Waals surface area contributed by atoms with E-state index in [4.69, 9.17) is 0 Å². The summed E-state index contributed by atoms with van der Waals surface area (Å²) in [6.07, 6.45) is 1.90. The number of thiazole rings is 1. The Morgan fingerprint density at radius 1 is 1.28 bits per heavy atom. The van der Waals surface area contributed by atoms with Gasteiger partial charge in [0.15, 0.2) is 5.13 Å². The Balaban J connectivity index is 1.57. The molecule has 8 heteroatoms. The Kier molecular flexibility index (Phi) is 4.39. The van der Waals surface area contributed by atoms with Crippen molar-refractivity contribution in [2.24, 2.45) is 5.92 Å². The van der Waals surface area contributed by atoms with Crippen molar-refractivity contribution >= 4 is 60.2 Å². The monoisotopic (exact) mass is 420 g/mol. The van der Waals surface area contributed by atoms with Gasteiger partial charge in [-0.1, -0.05) is 27.3 Å². The van der Waals surface area contributed by atoms with E-state index in [1.165, 1.54) is 11.3 Å². The third-order valence-electron chi connectivity index (χ3n) is 3.91. The van der Waals surface area contributed by atoms with Crippen LogP contribution in [0.2, 0.25) is 0 Å². The number of fused-ring (bicyclic) bond motifs is 1. The average molecular weight is 421 g/mol. The molecule has 3 aromatic rings. The maximum absolute atomic E-state index is 13.2. The summed E-state index contributed by atoms with van der Waals surface area (Å²) < 4.78 is 14.0. The van der Waals surface area contributed by atoms with Crippen LogP contribution in [0.15, 0.2) is 34.8 Å². The Hall–Kier alpha value is -2.06. The highest BCUT2D eigenvalue weighted by Crippen LogP contribution is 2.32. The molecule has 1 aliphatic carbocycles. The van der Waals surface area contributed by atoms with Crippen molar-refractivity contribution in [1.82, 2.24) is 9.97 Å². The number of carbonyl (C=O) groups excluding carboxylic acids is 1. The predicted octanol–water partition coefficient (Wildman–Crippen LogP) is 5.02. The van der Waals surface area contributed by atoms with Crippen molar-refractivity contribution in [2.75, 3.05) is 10.6 Å². The van der Waals surface area contributed by atoms with Crippen LogP contribution >= 0.6 is 27.3 Å². The molecule has 1 saturated carbocycles. The minimum absolute atomic E-state index is 0.0276. The summed E-state index contributed by atoms with van der Waals surface area (Å²) in [5.41, 5.74) is 1.95. The van der Waals surface area contributed by atoms with Crippen LogP contribution in [0.3, 0.4) is 0 Å². The molecule has 2 aromatic heterocycles. The topological polar surface area (TPSA) is 66.9 Å². The van der Waals surface area contributed by atoms with Crippen LogP contribution in [-0.2, 0) is 11.5 Å². The Labute approximate surface area is 155 Å². The summed E-state index contributed by atoms with van der Waals surface area (Å²) >= 11 is 4.67. The van der Waals surface area contributed by atoms with Crippen molar-refractivity contribution in [3.8, 4) is 0 Å². The lowest BCUT2D eigenvalue weighted by molar-refractivity contribution is -0.117. The molecule has 0 spiro atoms. The average Bonchev–Trinajstić information content (AvgIpc) is 3.37. The fourth-order valence-electron chi connectivity index (χ4n) is 2.43. The number of aromatic nitrogens is 2. The number of hydrogen-bond acceptors (Lipinski definition) is 5. The lowest BCUT2D eigenvalue weighted by Crippen LogP contribution is -2.12. The molecule has 25 heavy (non-hydrogen) atoms. The number of rotatable bonds is 5. The maximum atomic E-state index is 13.2. The lowest BCUT2D eigenvalue weighted by Gasteiger charge is -2.09. The summed E-state index contributed by atoms with van der Waals surface area (Å²) in [5.74, 6) is 0.766. The van der Waals surface area contributed by atoms with E-state index in [9.17, 15) is 9.18 Å². The van der Waals surface area contributed by atoms with Crippen molar-refractivity contribution in [3.05, 3.63) is 40.4 Å². The molecule has 1 aromatic carbocycles. The third kappa shape index (κ3) is 3.64. The Bertz CT molecular complexity index is 957. The molecular weight excluding hydrogens is 407 g/mol. The van der Waals surface area contributed by atoms with Crippen molar-refractivity contribution < 1.29 is 9.18 Å². The summed E-state index contributed by atoms with van der Waals surface area (Å²) in [7, 11) is 0. The number of pyridine rings is 1. The minimum Gasteiger partial charge on any atom is -0.340 e. The third-order valence-corrected chi connectivity index (χ3v) is 5.28. The second-order valence-corrected chi connectivity index (χ2v) is 7.76. The van der Waals surface area contributed by atoms with Crippen molar-refractivity contribution in [2.45, 2.75) is 19.5 Å². The van der Waals surface area contributed by atoms with E-state index in [2.05, 4.69) is 36.5 Å². The van der Waals surface area contributed by atoms with Gasteiger partial charge in [-0.3, -0.25) is 4.79 Å². The minimum atomic E-state index is -0.568. The fraction of sp³-hybridized carbons (Fsp3) is 0.235. The molecule has 0 bridgehead atoms. The van der Waals surface area contributed by atoms with Crippen molar-refractivity contribution in [1.29, 1.82) is 0 Å². The number of alkyl halides is 1. The second-order valence-electron chi connectivity index (χ2n) is 5.86. The fourth-order valence-corrected chi connectivity index (χ4v) is 3.68. The van der Waals surface area contributed by atoms with Gasteiger partial charge >= 0.3 is 0 Å². The van der Waals surface area contributed by atoms with Gasteiger partial charge in [0.25, 0.3) is 0 Å². The number of carbonyl (C=O) groups is 1. The molecule has 4 rings (SSSR count). The van der Waals surface area contributed by atoms with Gasteiger partial charge < -0.3 is 10.6 Å². The van der Waals surface area contributed by atoms with E-state index < -0.39 is 6.67 Å². The van der Waals surface area contributed by atoms with Gasteiger partial charge in [0.05, 0.1) is 0 Å². The highest BCUT2D eigenvalue weighted by atomic mass is 79.9. The number of halogens is 2. The molecule has 2 N–H and O–H groups in total. The van der Waals surface area contributed by atoms with Gasteiger partial charge in [-0.15, -0.1) is 0 Å². The predicted molar refractivity (Wildman–Crippen MR) is 101 cm³/mol. The summed E-state index contributed by atoms with van der Waals surface area (Å²) in [5, 5.41) is 6.54. The zero-order valence-electron chi connectivity index (χ0n) is 13.1. The standard InChI is InChI=1S/C17H14BrFN4OS/c18-11-3-4-12(10(7-11)8-19)20-14-6-5-13-16(22-14)25-17(21-13)23-15(24)9-1-2-9/h3-7,9H,1-2,8H2,(H,20,22)(H,21,23,24). The van der Waals surface area contributed by atoms with Crippen LogP contribution in [0.25, 0.3) is 10.3 Å². The van der Waals surface area contributed by atoms with E-state index in [-0.39, 0.29) is 11.8 Å². The quantitative estimate of drug-likeness (QED) is 0.608. The van der Waals surface area contributed by atoms with Gasteiger partial charge in [-0.2, -0.15) is 0 Å². The molecule has 0 atom stereocenters. The molecule has 1 amide bonds. The van der Waals surface area contributed by atoms with Crippen LogP contribution < -0.4 is 10.6 Å².